The molecule has 0 radical (unpaired) electrons. The van der Waals surface area contributed by atoms with Gasteiger partial charge in [-0.15, -0.1) is 10.2 Å². The van der Waals surface area contributed by atoms with Crippen LogP contribution in [0.5, 0.6) is 0 Å². The molecule has 0 bridgehead atoms. The number of rotatable bonds is 4. The fourth-order valence-electron chi connectivity index (χ4n) is 0.639. The molecular formula is C5H9BrN4. The van der Waals surface area contributed by atoms with E-state index in [0.29, 0.717) is 0 Å². The fraction of sp³-hybridized carbons (Fsp3) is 0.800. The van der Waals surface area contributed by atoms with Crippen molar-refractivity contribution in [3.05, 3.63) is 6.33 Å². The standard InChI is InChI=1S/C5H9BrN4/c6-3-1-2-4-10-8-5-7-9-10/h5H,1-4H2. The number of halogens is 1. The van der Waals surface area contributed by atoms with Crippen molar-refractivity contribution >= 4 is 15.9 Å². The van der Waals surface area contributed by atoms with Gasteiger partial charge in [0.1, 0.15) is 0 Å². The van der Waals surface area contributed by atoms with Gasteiger partial charge in [-0.3, -0.25) is 0 Å². The van der Waals surface area contributed by atoms with Gasteiger partial charge in [0.2, 0.25) is 0 Å². The molecule has 0 N–H and O–H groups in total. The van der Waals surface area contributed by atoms with Crippen molar-refractivity contribution in [2.75, 3.05) is 5.33 Å². The Balaban J connectivity index is 2.15. The fourth-order valence-corrected chi connectivity index (χ4v) is 1.04. The third-order valence-electron chi connectivity index (χ3n) is 1.13. The maximum absolute atomic E-state index is 3.87. The molecule has 0 unspecified atom stereocenters. The maximum atomic E-state index is 3.87. The lowest BCUT2D eigenvalue weighted by Gasteiger charge is -1.94. The summed E-state index contributed by atoms with van der Waals surface area (Å²) in [5, 5.41) is 12.2. The first-order valence-corrected chi connectivity index (χ1v) is 4.32. The molecule has 4 nitrogen and oxygen atoms in total. The summed E-state index contributed by atoms with van der Waals surface area (Å²) in [5.41, 5.74) is 0. The van der Waals surface area contributed by atoms with Crippen molar-refractivity contribution in [2.45, 2.75) is 19.4 Å². The number of hydrogen-bond donors (Lipinski definition) is 0. The van der Waals surface area contributed by atoms with Gasteiger partial charge in [-0.1, -0.05) is 15.9 Å². The molecule has 0 amide bonds. The molecule has 0 aliphatic carbocycles. The van der Waals surface area contributed by atoms with Crippen LogP contribution in [-0.4, -0.2) is 25.5 Å². The van der Waals surface area contributed by atoms with Gasteiger partial charge in [0.05, 0.1) is 6.54 Å². The molecule has 0 aliphatic rings. The quantitative estimate of drug-likeness (QED) is 0.540. The largest absolute Gasteiger partial charge is 0.164 e. The van der Waals surface area contributed by atoms with Gasteiger partial charge in [-0.25, -0.2) is 0 Å². The Hall–Kier alpha value is -0.450. The zero-order chi connectivity index (χ0) is 7.23. The van der Waals surface area contributed by atoms with E-state index in [1.807, 2.05) is 0 Å². The molecule has 0 saturated heterocycles. The zero-order valence-electron chi connectivity index (χ0n) is 5.57. The van der Waals surface area contributed by atoms with Crippen molar-refractivity contribution in [1.82, 2.24) is 20.2 Å². The van der Waals surface area contributed by atoms with E-state index in [1.54, 1.807) is 4.80 Å². The molecule has 56 valence electrons. The highest BCUT2D eigenvalue weighted by Gasteiger charge is 1.90. The summed E-state index contributed by atoms with van der Waals surface area (Å²) < 4.78 is 0. The number of alkyl halides is 1. The van der Waals surface area contributed by atoms with Crippen LogP contribution in [0.25, 0.3) is 0 Å². The Kier molecular flexibility index (Phi) is 3.35. The summed E-state index contributed by atoms with van der Waals surface area (Å²) in [4.78, 5) is 1.60. The zero-order valence-corrected chi connectivity index (χ0v) is 7.16. The smallest absolute Gasteiger partial charge is 0.162 e. The maximum Gasteiger partial charge on any atom is 0.162 e. The lowest BCUT2D eigenvalue weighted by atomic mass is 10.3. The van der Waals surface area contributed by atoms with Crippen molar-refractivity contribution in [2.24, 2.45) is 0 Å². The first-order chi connectivity index (χ1) is 4.93. The number of hydrogen-bond acceptors (Lipinski definition) is 3. The van der Waals surface area contributed by atoms with Gasteiger partial charge in [0, 0.05) is 5.33 Å². The van der Waals surface area contributed by atoms with Gasteiger partial charge in [-0.05, 0) is 18.1 Å². The Morgan fingerprint density at radius 3 is 2.90 bits per heavy atom. The Morgan fingerprint density at radius 2 is 2.30 bits per heavy atom. The minimum atomic E-state index is 0.867. The van der Waals surface area contributed by atoms with E-state index in [2.05, 4.69) is 31.3 Å². The van der Waals surface area contributed by atoms with Crippen LogP contribution in [-0.2, 0) is 6.54 Å². The minimum Gasteiger partial charge on any atom is -0.164 e. The Labute approximate surface area is 67.7 Å². The molecule has 1 aromatic heterocycles. The summed E-state index contributed by atoms with van der Waals surface area (Å²) in [6.45, 7) is 0.867. The van der Waals surface area contributed by atoms with Gasteiger partial charge >= 0.3 is 0 Å². The number of tetrazole rings is 1. The van der Waals surface area contributed by atoms with Crippen LogP contribution in [0.15, 0.2) is 6.33 Å². The highest BCUT2D eigenvalue weighted by Crippen LogP contribution is 1.94. The SMILES string of the molecule is BrCCCCn1ncnn1. The van der Waals surface area contributed by atoms with E-state index in [1.165, 1.54) is 6.33 Å². The molecule has 1 heterocycles. The van der Waals surface area contributed by atoms with Crippen LogP contribution in [0.3, 0.4) is 0 Å². The van der Waals surface area contributed by atoms with E-state index in [-0.39, 0.29) is 0 Å². The van der Waals surface area contributed by atoms with Crippen molar-refractivity contribution in [3.8, 4) is 0 Å². The molecule has 10 heavy (non-hydrogen) atoms. The molecule has 0 fully saturated rings. The van der Waals surface area contributed by atoms with Crippen molar-refractivity contribution in [1.29, 1.82) is 0 Å². The number of unbranched alkanes of at least 4 members (excludes halogenated alkanes) is 1. The first kappa shape index (κ1) is 7.65. The molecule has 0 aliphatic heterocycles. The van der Waals surface area contributed by atoms with Crippen LogP contribution in [0.1, 0.15) is 12.8 Å². The normalized spacial score (nSPS) is 10.1. The lowest BCUT2D eigenvalue weighted by molar-refractivity contribution is 0.497. The van der Waals surface area contributed by atoms with E-state index >= 15 is 0 Å². The second-order valence-corrected chi connectivity index (χ2v) is 2.72. The predicted octanol–water partition coefficient (Wildman–Crippen LogP) is 0.848. The number of nitrogens with zero attached hydrogens (tertiary/aromatic N) is 4. The molecule has 1 rings (SSSR count). The summed E-state index contributed by atoms with van der Waals surface area (Å²) in [5.74, 6) is 0. The van der Waals surface area contributed by atoms with Gasteiger partial charge in [0.15, 0.2) is 6.33 Å². The Bertz CT molecular complexity index is 162. The summed E-state index contributed by atoms with van der Waals surface area (Å²) in [6, 6.07) is 0. The van der Waals surface area contributed by atoms with Gasteiger partial charge in [0.25, 0.3) is 0 Å². The average Bonchev–Trinajstić information content (AvgIpc) is 2.41. The summed E-state index contributed by atoms with van der Waals surface area (Å²) in [6.07, 6.45) is 3.71. The lowest BCUT2D eigenvalue weighted by Crippen LogP contribution is -2.02. The highest BCUT2D eigenvalue weighted by molar-refractivity contribution is 9.09. The molecular weight excluding hydrogens is 196 g/mol. The van der Waals surface area contributed by atoms with Gasteiger partial charge in [-0.2, -0.15) is 4.80 Å². The number of aromatic nitrogens is 4. The van der Waals surface area contributed by atoms with Crippen LogP contribution >= 0.6 is 15.9 Å². The molecule has 1 aromatic rings. The topological polar surface area (TPSA) is 43.6 Å². The molecule has 5 heteroatoms. The second-order valence-electron chi connectivity index (χ2n) is 1.93. The van der Waals surface area contributed by atoms with E-state index in [0.717, 1.165) is 24.7 Å². The third kappa shape index (κ3) is 2.43. The Morgan fingerprint density at radius 1 is 1.40 bits per heavy atom. The third-order valence-corrected chi connectivity index (χ3v) is 1.69. The van der Waals surface area contributed by atoms with Crippen LogP contribution in [0.2, 0.25) is 0 Å². The van der Waals surface area contributed by atoms with Crippen LogP contribution in [0, 0.1) is 0 Å². The number of aryl methyl sites for hydroxylation is 1. The van der Waals surface area contributed by atoms with Crippen LogP contribution in [0.4, 0.5) is 0 Å². The summed E-state index contributed by atoms with van der Waals surface area (Å²) in [7, 11) is 0. The summed E-state index contributed by atoms with van der Waals surface area (Å²) >= 11 is 3.35. The molecule has 0 atom stereocenters. The molecule has 0 saturated carbocycles. The molecule has 0 aromatic carbocycles. The van der Waals surface area contributed by atoms with E-state index < -0.39 is 0 Å². The van der Waals surface area contributed by atoms with Crippen molar-refractivity contribution < 1.29 is 0 Å². The average molecular weight is 205 g/mol. The minimum absolute atomic E-state index is 0.867. The molecule has 0 spiro atoms. The first-order valence-electron chi connectivity index (χ1n) is 3.20. The van der Waals surface area contributed by atoms with E-state index in [9.17, 15) is 0 Å². The monoisotopic (exact) mass is 204 g/mol. The predicted molar refractivity (Wildman–Crippen MR) is 40.8 cm³/mol. The van der Waals surface area contributed by atoms with Crippen molar-refractivity contribution in [3.63, 3.8) is 0 Å². The highest BCUT2D eigenvalue weighted by atomic mass is 79.9. The van der Waals surface area contributed by atoms with Gasteiger partial charge < -0.3 is 0 Å². The second kappa shape index (κ2) is 4.38. The van der Waals surface area contributed by atoms with Crippen LogP contribution < -0.4 is 0 Å². The van der Waals surface area contributed by atoms with E-state index in [4.69, 9.17) is 0 Å².